The first-order chi connectivity index (χ1) is 10.6. The maximum absolute atomic E-state index is 12.5. The summed E-state index contributed by atoms with van der Waals surface area (Å²) in [5.41, 5.74) is 1.58. The van der Waals surface area contributed by atoms with Gasteiger partial charge in [0.1, 0.15) is 0 Å². The third-order valence-electron chi connectivity index (χ3n) is 4.36. The largest absolute Gasteiger partial charge is 0.393 e. The van der Waals surface area contributed by atoms with Crippen LogP contribution in [0.3, 0.4) is 0 Å². The number of aromatic nitrogens is 2. The van der Waals surface area contributed by atoms with Crippen LogP contribution in [0.1, 0.15) is 29.6 Å². The molecular formula is C17H21N3O2. The summed E-state index contributed by atoms with van der Waals surface area (Å²) in [4.78, 5) is 14.2. The number of aliphatic hydroxyl groups excluding tert-OH is 1. The number of rotatable bonds is 4. The van der Waals surface area contributed by atoms with Gasteiger partial charge < -0.3 is 10.0 Å². The predicted octanol–water partition coefficient (Wildman–Crippen LogP) is 2.11. The molecule has 5 nitrogen and oxygen atoms in total. The zero-order valence-corrected chi connectivity index (χ0v) is 12.7. The molecule has 116 valence electrons. The van der Waals surface area contributed by atoms with Crippen LogP contribution in [0.25, 0.3) is 5.69 Å². The average Bonchev–Trinajstić information content (AvgIpc) is 3.19. The molecule has 1 amide bonds. The molecule has 3 rings (SSSR count). The van der Waals surface area contributed by atoms with Gasteiger partial charge in [-0.15, -0.1) is 0 Å². The maximum atomic E-state index is 12.5. The van der Waals surface area contributed by atoms with Crippen LogP contribution in [0.5, 0.6) is 0 Å². The highest BCUT2D eigenvalue weighted by Crippen LogP contribution is 2.26. The van der Waals surface area contributed by atoms with Gasteiger partial charge in [0, 0.05) is 37.5 Å². The summed E-state index contributed by atoms with van der Waals surface area (Å²) >= 11 is 0. The highest BCUT2D eigenvalue weighted by Gasteiger charge is 2.27. The molecule has 0 spiro atoms. The second-order valence-corrected chi connectivity index (χ2v) is 5.94. The van der Waals surface area contributed by atoms with Crippen LogP contribution in [0, 0.1) is 5.92 Å². The minimum Gasteiger partial charge on any atom is -0.393 e. The van der Waals surface area contributed by atoms with E-state index >= 15 is 0 Å². The molecule has 1 fully saturated rings. The van der Waals surface area contributed by atoms with Crippen LogP contribution in [0.2, 0.25) is 0 Å². The van der Waals surface area contributed by atoms with Gasteiger partial charge in [0.05, 0.1) is 11.8 Å². The van der Waals surface area contributed by atoms with Gasteiger partial charge in [0.2, 0.25) is 0 Å². The number of carbonyl (C=O) groups is 1. The summed E-state index contributed by atoms with van der Waals surface area (Å²) < 4.78 is 1.76. The van der Waals surface area contributed by atoms with Crippen LogP contribution in [0.15, 0.2) is 42.7 Å². The standard InChI is InChI=1S/C17H21N3O2/c1-19(12-14-4-2-5-16(14)21)17(22)13-6-8-15(9-7-13)20-11-3-10-18-20/h3,6-11,14,16,21H,2,4-5,12H2,1H3. The van der Waals surface area contributed by atoms with Crippen molar-refractivity contribution in [3.05, 3.63) is 48.3 Å². The molecule has 1 saturated carbocycles. The smallest absolute Gasteiger partial charge is 0.253 e. The Kier molecular flexibility index (Phi) is 4.24. The number of hydrogen-bond acceptors (Lipinski definition) is 3. The molecule has 0 saturated heterocycles. The van der Waals surface area contributed by atoms with Crippen LogP contribution in [0.4, 0.5) is 0 Å². The molecule has 1 aromatic carbocycles. The lowest BCUT2D eigenvalue weighted by Crippen LogP contribution is -2.34. The third-order valence-corrected chi connectivity index (χ3v) is 4.36. The van der Waals surface area contributed by atoms with Crippen LogP contribution >= 0.6 is 0 Å². The van der Waals surface area contributed by atoms with Gasteiger partial charge in [0.15, 0.2) is 0 Å². The van der Waals surface area contributed by atoms with Crippen molar-refractivity contribution >= 4 is 5.91 Å². The van der Waals surface area contributed by atoms with Crippen molar-refractivity contribution in [2.24, 2.45) is 5.92 Å². The molecule has 2 unspecified atom stereocenters. The second-order valence-electron chi connectivity index (χ2n) is 5.94. The second kappa shape index (κ2) is 6.32. The van der Waals surface area contributed by atoms with E-state index in [9.17, 15) is 9.90 Å². The molecule has 1 aromatic heterocycles. The molecule has 22 heavy (non-hydrogen) atoms. The molecule has 2 atom stereocenters. The van der Waals surface area contributed by atoms with Crippen molar-refractivity contribution in [3.63, 3.8) is 0 Å². The Morgan fingerprint density at radius 3 is 2.73 bits per heavy atom. The van der Waals surface area contributed by atoms with Crippen molar-refractivity contribution < 1.29 is 9.90 Å². The number of carbonyl (C=O) groups excluding carboxylic acids is 1. The molecular weight excluding hydrogens is 278 g/mol. The van der Waals surface area contributed by atoms with E-state index in [4.69, 9.17) is 0 Å². The van der Waals surface area contributed by atoms with Gasteiger partial charge in [0.25, 0.3) is 5.91 Å². The lowest BCUT2D eigenvalue weighted by molar-refractivity contribution is 0.0693. The SMILES string of the molecule is CN(CC1CCCC1O)C(=O)c1ccc(-n2cccn2)cc1. The molecule has 1 aliphatic rings. The molecule has 5 heteroatoms. The summed E-state index contributed by atoms with van der Waals surface area (Å²) in [7, 11) is 1.80. The Labute approximate surface area is 130 Å². The van der Waals surface area contributed by atoms with E-state index in [1.165, 1.54) is 0 Å². The molecule has 0 radical (unpaired) electrons. The lowest BCUT2D eigenvalue weighted by atomic mass is 10.1. The molecule has 0 aliphatic heterocycles. The number of nitrogens with zero attached hydrogens (tertiary/aromatic N) is 3. The van der Waals surface area contributed by atoms with E-state index in [-0.39, 0.29) is 17.9 Å². The maximum Gasteiger partial charge on any atom is 0.253 e. The first-order valence-electron chi connectivity index (χ1n) is 7.69. The molecule has 1 N–H and O–H groups in total. The average molecular weight is 299 g/mol. The minimum atomic E-state index is -0.266. The fourth-order valence-electron chi connectivity index (χ4n) is 3.06. The molecule has 1 aliphatic carbocycles. The van der Waals surface area contributed by atoms with Gasteiger partial charge in [-0.3, -0.25) is 4.79 Å². The van der Waals surface area contributed by atoms with Crippen molar-refractivity contribution in [1.82, 2.24) is 14.7 Å². The first kappa shape index (κ1) is 14.8. The number of hydrogen-bond donors (Lipinski definition) is 1. The summed E-state index contributed by atoms with van der Waals surface area (Å²) in [6.45, 7) is 0.612. The van der Waals surface area contributed by atoms with E-state index in [1.807, 2.05) is 36.5 Å². The Bertz CT molecular complexity index is 622. The van der Waals surface area contributed by atoms with E-state index in [0.717, 1.165) is 24.9 Å². The lowest BCUT2D eigenvalue weighted by Gasteiger charge is -2.23. The van der Waals surface area contributed by atoms with E-state index < -0.39 is 0 Å². The van der Waals surface area contributed by atoms with Gasteiger partial charge in [-0.25, -0.2) is 4.68 Å². The quantitative estimate of drug-likeness (QED) is 0.940. The molecule has 0 bridgehead atoms. The van der Waals surface area contributed by atoms with Crippen molar-refractivity contribution in [1.29, 1.82) is 0 Å². The summed E-state index contributed by atoms with van der Waals surface area (Å²) in [6.07, 6.45) is 6.22. The summed E-state index contributed by atoms with van der Waals surface area (Å²) in [6, 6.07) is 9.28. The Hall–Kier alpha value is -2.14. The Balaban J connectivity index is 1.66. The predicted molar refractivity (Wildman–Crippen MR) is 83.9 cm³/mol. The summed E-state index contributed by atoms with van der Waals surface area (Å²) in [5.74, 6) is 0.198. The highest BCUT2D eigenvalue weighted by molar-refractivity contribution is 5.94. The Morgan fingerprint density at radius 2 is 2.14 bits per heavy atom. The normalized spacial score (nSPS) is 21.0. The zero-order valence-electron chi connectivity index (χ0n) is 12.7. The number of amides is 1. The van der Waals surface area contributed by atoms with Crippen LogP contribution in [-0.4, -0.2) is 45.4 Å². The summed E-state index contributed by atoms with van der Waals surface area (Å²) in [5, 5.41) is 14.1. The van der Waals surface area contributed by atoms with Gasteiger partial charge in [-0.05, 0) is 43.2 Å². The minimum absolute atomic E-state index is 0.00823. The third kappa shape index (κ3) is 3.04. The molecule has 1 heterocycles. The fraction of sp³-hybridized carbons (Fsp3) is 0.412. The van der Waals surface area contributed by atoms with Gasteiger partial charge >= 0.3 is 0 Å². The van der Waals surface area contributed by atoms with E-state index in [2.05, 4.69) is 5.10 Å². The number of benzene rings is 1. The van der Waals surface area contributed by atoms with Gasteiger partial charge in [-0.1, -0.05) is 6.42 Å². The van der Waals surface area contributed by atoms with Crippen molar-refractivity contribution in [2.75, 3.05) is 13.6 Å². The fourth-order valence-corrected chi connectivity index (χ4v) is 3.06. The van der Waals surface area contributed by atoms with Crippen molar-refractivity contribution in [3.8, 4) is 5.69 Å². The number of aliphatic hydroxyl groups is 1. The topological polar surface area (TPSA) is 58.4 Å². The van der Waals surface area contributed by atoms with E-state index in [0.29, 0.717) is 12.1 Å². The molecule has 2 aromatic rings. The Morgan fingerprint density at radius 1 is 1.36 bits per heavy atom. The highest BCUT2D eigenvalue weighted by atomic mass is 16.3. The zero-order chi connectivity index (χ0) is 15.5. The monoisotopic (exact) mass is 299 g/mol. The van der Waals surface area contributed by atoms with Crippen LogP contribution < -0.4 is 0 Å². The van der Waals surface area contributed by atoms with Crippen LogP contribution in [-0.2, 0) is 0 Å². The van der Waals surface area contributed by atoms with Crippen molar-refractivity contribution in [2.45, 2.75) is 25.4 Å². The van der Waals surface area contributed by atoms with Gasteiger partial charge in [-0.2, -0.15) is 5.10 Å². The van der Waals surface area contributed by atoms with E-state index in [1.54, 1.807) is 22.8 Å². The first-order valence-corrected chi connectivity index (χ1v) is 7.69.